The molecule has 0 amide bonds. The molecule has 1 unspecified atom stereocenters. The summed E-state index contributed by atoms with van der Waals surface area (Å²) in [5.41, 5.74) is 3.57. The predicted molar refractivity (Wildman–Crippen MR) is 119 cm³/mol. The average molecular weight is 408 g/mol. The summed E-state index contributed by atoms with van der Waals surface area (Å²) in [6, 6.07) is 15.6. The number of halogens is 1. The van der Waals surface area contributed by atoms with Crippen LogP contribution < -0.4 is 10.5 Å². The molecule has 0 saturated carbocycles. The lowest BCUT2D eigenvalue weighted by Crippen LogP contribution is -2.31. The van der Waals surface area contributed by atoms with Crippen LogP contribution in [0.25, 0.3) is 27.9 Å². The van der Waals surface area contributed by atoms with Crippen molar-refractivity contribution in [2.24, 2.45) is 0 Å². The second-order valence-electron chi connectivity index (χ2n) is 7.82. The number of H-pyrrole nitrogens is 1. The van der Waals surface area contributed by atoms with E-state index in [1.54, 1.807) is 22.8 Å². The van der Waals surface area contributed by atoms with E-state index in [0.717, 1.165) is 41.4 Å². The minimum Gasteiger partial charge on any atom is -0.370 e. The molecule has 2 aromatic carbocycles. The molecule has 0 spiro atoms. The minimum absolute atomic E-state index is 0.132. The summed E-state index contributed by atoms with van der Waals surface area (Å²) < 4.78 is 1.60. The number of imidazole rings is 1. The second-order valence-corrected chi connectivity index (χ2v) is 8.26. The molecule has 7 heteroatoms. The van der Waals surface area contributed by atoms with Crippen LogP contribution in [0.2, 0.25) is 5.02 Å². The number of aromatic nitrogens is 3. The molecular formula is C22H22ClN5O. The van der Waals surface area contributed by atoms with E-state index in [4.69, 9.17) is 11.6 Å². The fraction of sp³-hybridized carbons (Fsp3) is 0.273. The first-order valence-electron chi connectivity index (χ1n) is 9.72. The van der Waals surface area contributed by atoms with Crippen LogP contribution in [-0.2, 0) is 0 Å². The Kier molecular flexibility index (Phi) is 4.33. The van der Waals surface area contributed by atoms with Gasteiger partial charge in [-0.05, 0) is 63.0 Å². The largest absolute Gasteiger partial charge is 0.370 e. The molecule has 148 valence electrons. The molecule has 0 aliphatic carbocycles. The number of likely N-dealkylation sites (N-methyl/N-ethyl adjacent to an activating group) is 1. The van der Waals surface area contributed by atoms with Crippen molar-refractivity contribution in [1.82, 2.24) is 19.4 Å². The van der Waals surface area contributed by atoms with E-state index >= 15 is 0 Å². The number of hydrogen-bond acceptors (Lipinski definition) is 4. The zero-order valence-corrected chi connectivity index (χ0v) is 17.1. The number of nitrogens with one attached hydrogen (secondary N) is 1. The zero-order valence-electron chi connectivity index (χ0n) is 16.4. The zero-order chi connectivity index (χ0) is 20.1. The molecule has 1 aliphatic rings. The second kappa shape index (κ2) is 6.90. The molecule has 2 aromatic heterocycles. The van der Waals surface area contributed by atoms with Crippen LogP contribution in [0.4, 0.5) is 5.69 Å². The SMILES string of the molecule is CN(C)C1CCN(c2ccc3nc(-n4c(=O)ccc5cc(Cl)ccc54)[nH]c3c2)C1. The van der Waals surface area contributed by atoms with E-state index < -0.39 is 0 Å². The molecule has 29 heavy (non-hydrogen) atoms. The van der Waals surface area contributed by atoms with E-state index in [2.05, 4.69) is 46.0 Å². The van der Waals surface area contributed by atoms with E-state index in [9.17, 15) is 4.79 Å². The van der Waals surface area contributed by atoms with Crippen molar-refractivity contribution in [1.29, 1.82) is 0 Å². The molecule has 1 atom stereocenters. The van der Waals surface area contributed by atoms with Gasteiger partial charge in [0.1, 0.15) is 0 Å². The van der Waals surface area contributed by atoms with Gasteiger partial charge >= 0.3 is 0 Å². The molecule has 1 saturated heterocycles. The lowest BCUT2D eigenvalue weighted by atomic mass is 10.2. The summed E-state index contributed by atoms with van der Waals surface area (Å²) in [4.78, 5) is 25.3. The van der Waals surface area contributed by atoms with Gasteiger partial charge in [-0.1, -0.05) is 11.6 Å². The fourth-order valence-corrected chi connectivity index (χ4v) is 4.30. The van der Waals surface area contributed by atoms with Gasteiger partial charge in [-0.2, -0.15) is 0 Å². The Hall–Kier alpha value is -2.83. The number of fused-ring (bicyclic) bond motifs is 2. The Balaban J connectivity index is 1.57. The van der Waals surface area contributed by atoms with Crippen molar-refractivity contribution in [3.8, 4) is 5.95 Å². The quantitative estimate of drug-likeness (QED) is 0.563. The lowest BCUT2D eigenvalue weighted by molar-refractivity contribution is 0.315. The van der Waals surface area contributed by atoms with E-state index in [1.165, 1.54) is 5.69 Å². The summed E-state index contributed by atoms with van der Waals surface area (Å²) in [6.45, 7) is 2.06. The van der Waals surface area contributed by atoms with Crippen molar-refractivity contribution in [2.45, 2.75) is 12.5 Å². The van der Waals surface area contributed by atoms with E-state index in [-0.39, 0.29) is 5.56 Å². The van der Waals surface area contributed by atoms with Gasteiger partial charge in [0, 0.05) is 41.3 Å². The molecule has 6 nitrogen and oxygen atoms in total. The monoisotopic (exact) mass is 407 g/mol. The highest BCUT2D eigenvalue weighted by Crippen LogP contribution is 2.27. The van der Waals surface area contributed by atoms with Crippen molar-refractivity contribution in [2.75, 3.05) is 32.1 Å². The number of rotatable bonds is 3. The third-order valence-electron chi connectivity index (χ3n) is 5.78. The van der Waals surface area contributed by atoms with E-state index in [1.807, 2.05) is 18.2 Å². The van der Waals surface area contributed by atoms with Crippen LogP contribution >= 0.6 is 11.6 Å². The first-order valence-corrected chi connectivity index (χ1v) is 10.1. The summed E-state index contributed by atoms with van der Waals surface area (Å²) >= 11 is 6.11. The highest BCUT2D eigenvalue weighted by molar-refractivity contribution is 6.31. The van der Waals surface area contributed by atoms with Gasteiger partial charge in [0.05, 0.1) is 16.6 Å². The van der Waals surface area contributed by atoms with Crippen molar-refractivity contribution >= 4 is 39.2 Å². The van der Waals surface area contributed by atoms with Crippen molar-refractivity contribution < 1.29 is 0 Å². The molecule has 0 radical (unpaired) electrons. The molecule has 1 aliphatic heterocycles. The molecule has 4 aromatic rings. The van der Waals surface area contributed by atoms with Crippen LogP contribution in [0.5, 0.6) is 0 Å². The first-order chi connectivity index (χ1) is 14.0. The summed E-state index contributed by atoms with van der Waals surface area (Å²) in [6.07, 6.45) is 1.16. The standard InChI is InChI=1S/C22H22ClN5O/c1-26(2)17-9-10-27(13-17)16-5-6-18-19(12-16)25-22(24-18)28-20-7-4-15(23)11-14(20)3-8-21(28)29/h3-8,11-12,17H,9-10,13H2,1-2H3,(H,24,25). The van der Waals surface area contributed by atoms with Crippen LogP contribution in [0.3, 0.4) is 0 Å². The lowest BCUT2D eigenvalue weighted by Gasteiger charge is -2.21. The van der Waals surface area contributed by atoms with Crippen molar-refractivity contribution in [3.63, 3.8) is 0 Å². The van der Waals surface area contributed by atoms with Crippen LogP contribution in [0.1, 0.15) is 6.42 Å². The number of aromatic amines is 1. The maximum Gasteiger partial charge on any atom is 0.257 e. The van der Waals surface area contributed by atoms with Crippen LogP contribution in [-0.4, -0.2) is 52.7 Å². The van der Waals surface area contributed by atoms with Crippen LogP contribution in [0.15, 0.2) is 53.3 Å². The number of hydrogen-bond donors (Lipinski definition) is 1. The van der Waals surface area contributed by atoms with Crippen molar-refractivity contribution in [3.05, 3.63) is 63.9 Å². The van der Waals surface area contributed by atoms with Gasteiger partial charge in [-0.25, -0.2) is 9.55 Å². The Morgan fingerprint density at radius 3 is 2.79 bits per heavy atom. The van der Waals surface area contributed by atoms with Crippen LogP contribution in [0, 0.1) is 0 Å². The van der Waals surface area contributed by atoms with Gasteiger partial charge < -0.3 is 14.8 Å². The molecule has 5 rings (SSSR count). The van der Waals surface area contributed by atoms with Gasteiger partial charge in [0.15, 0.2) is 0 Å². The third kappa shape index (κ3) is 3.18. The maximum absolute atomic E-state index is 12.6. The van der Waals surface area contributed by atoms with Gasteiger partial charge in [0.25, 0.3) is 5.56 Å². The summed E-state index contributed by atoms with van der Waals surface area (Å²) in [5.74, 6) is 0.516. The summed E-state index contributed by atoms with van der Waals surface area (Å²) in [5, 5.41) is 1.53. The number of anilines is 1. The Morgan fingerprint density at radius 2 is 2.00 bits per heavy atom. The van der Waals surface area contributed by atoms with Gasteiger partial charge in [-0.15, -0.1) is 0 Å². The number of pyridine rings is 1. The first kappa shape index (κ1) is 18.2. The maximum atomic E-state index is 12.6. The van der Waals surface area contributed by atoms with Gasteiger partial charge in [0.2, 0.25) is 5.95 Å². The molecular weight excluding hydrogens is 386 g/mol. The Morgan fingerprint density at radius 1 is 1.14 bits per heavy atom. The summed E-state index contributed by atoms with van der Waals surface area (Å²) in [7, 11) is 4.27. The van der Waals surface area contributed by atoms with E-state index in [0.29, 0.717) is 17.0 Å². The highest BCUT2D eigenvalue weighted by Gasteiger charge is 2.24. The molecule has 3 heterocycles. The van der Waals surface area contributed by atoms with Gasteiger partial charge in [-0.3, -0.25) is 4.79 Å². The smallest absolute Gasteiger partial charge is 0.257 e. The average Bonchev–Trinajstić information content (AvgIpc) is 3.34. The Labute approximate surface area is 173 Å². The predicted octanol–water partition coefficient (Wildman–Crippen LogP) is 3.66. The third-order valence-corrected chi connectivity index (χ3v) is 6.02. The minimum atomic E-state index is -0.132. The molecule has 0 bridgehead atoms. The fourth-order valence-electron chi connectivity index (χ4n) is 4.12. The topological polar surface area (TPSA) is 57.2 Å². The highest BCUT2D eigenvalue weighted by atomic mass is 35.5. The number of benzene rings is 2. The molecule has 1 N–H and O–H groups in total. The molecule has 1 fully saturated rings. The normalized spacial score (nSPS) is 17.1. The Bertz CT molecular complexity index is 1280. The number of nitrogens with zero attached hydrogens (tertiary/aromatic N) is 4.